The predicted molar refractivity (Wildman–Crippen MR) is 93.6 cm³/mol. The molecule has 2 rings (SSSR count). The molecule has 0 aliphatic heterocycles. The number of carbonyl (C=O) groups is 2. The van der Waals surface area contributed by atoms with Crippen molar-refractivity contribution in [3.05, 3.63) is 48.2 Å². The molecule has 3 N–H and O–H groups in total. The Morgan fingerprint density at radius 1 is 1.12 bits per heavy atom. The summed E-state index contributed by atoms with van der Waals surface area (Å²) in [5.74, 6) is -1.01. The Kier molecular flexibility index (Phi) is 6.18. The number of aromatic amines is 1. The van der Waals surface area contributed by atoms with Gasteiger partial charge in [-0.25, -0.2) is 4.79 Å². The highest BCUT2D eigenvalue weighted by molar-refractivity contribution is 5.83. The fourth-order valence-corrected chi connectivity index (χ4v) is 2.58. The Morgan fingerprint density at radius 3 is 2.46 bits per heavy atom. The van der Waals surface area contributed by atoms with Crippen molar-refractivity contribution in [1.29, 1.82) is 0 Å². The molecule has 1 aromatic carbocycles. The number of rotatable bonds is 8. The number of nitrogens with one attached hydrogen (secondary N) is 2. The maximum atomic E-state index is 12.0. The first-order valence-electron chi connectivity index (χ1n) is 8.21. The molecule has 1 heterocycles. The van der Waals surface area contributed by atoms with E-state index < -0.39 is 12.0 Å². The third-order valence-corrected chi connectivity index (χ3v) is 3.79. The summed E-state index contributed by atoms with van der Waals surface area (Å²) in [4.78, 5) is 26.5. The largest absolute Gasteiger partial charge is 0.480 e. The van der Waals surface area contributed by atoms with Crippen LogP contribution in [0.2, 0.25) is 0 Å². The van der Waals surface area contributed by atoms with E-state index in [2.05, 4.69) is 10.3 Å². The Labute approximate surface area is 142 Å². The summed E-state index contributed by atoms with van der Waals surface area (Å²) in [5, 5.41) is 11.8. The van der Waals surface area contributed by atoms with Gasteiger partial charge in [-0.15, -0.1) is 0 Å². The van der Waals surface area contributed by atoms with Crippen molar-refractivity contribution in [3.8, 4) is 11.3 Å². The monoisotopic (exact) mass is 328 g/mol. The van der Waals surface area contributed by atoms with E-state index in [4.69, 9.17) is 5.11 Å². The summed E-state index contributed by atoms with van der Waals surface area (Å²) in [6, 6.07) is 13.1. The first kappa shape index (κ1) is 17.8. The number of amides is 1. The second kappa shape index (κ2) is 8.34. The zero-order valence-corrected chi connectivity index (χ0v) is 14.1. The molecule has 0 radical (unpaired) electrons. The summed E-state index contributed by atoms with van der Waals surface area (Å²) in [5.41, 5.74) is 3.06. The molecule has 0 saturated carbocycles. The molecule has 5 heteroatoms. The lowest BCUT2D eigenvalue weighted by atomic mass is 10.0. The molecule has 2 aromatic rings. The quantitative estimate of drug-likeness (QED) is 0.696. The van der Waals surface area contributed by atoms with Crippen LogP contribution in [0, 0.1) is 5.92 Å². The van der Waals surface area contributed by atoms with E-state index >= 15 is 0 Å². The van der Waals surface area contributed by atoms with Gasteiger partial charge < -0.3 is 15.4 Å². The third kappa shape index (κ3) is 5.26. The second-order valence-corrected chi connectivity index (χ2v) is 6.35. The van der Waals surface area contributed by atoms with Crippen molar-refractivity contribution in [3.63, 3.8) is 0 Å². The Morgan fingerprint density at radius 2 is 1.83 bits per heavy atom. The minimum absolute atomic E-state index is 0.211. The zero-order chi connectivity index (χ0) is 17.5. The van der Waals surface area contributed by atoms with Crippen LogP contribution in [-0.2, 0) is 16.0 Å². The van der Waals surface area contributed by atoms with Gasteiger partial charge in [-0.2, -0.15) is 0 Å². The summed E-state index contributed by atoms with van der Waals surface area (Å²) < 4.78 is 0. The van der Waals surface area contributed by atoms with Crippen molar-refractivity contribution in [2.45, 2.75) is 39.2 Å². The van der Waals surface area contributed by atoms with Gasteiger partial charge in [-0.1, -0.05) is 44.2 Å². The first-order chi connectivity index (χ1) is 11.5. The third-order valence-electron chi connectivity index (χ3n) is 3.79. The van der Waals surface area contributed by atoms with E-state index in [1.807, 2.05) is 56.3 Å². The van der Waals surface area contributed by atoms with Crippen LogP contribution in [0.5, 0.6) is 0 Å². The zero-order valence-electron chi connectivity index (χ0n) is 14.1. The van der Waals surface area contributed by atoms with Crippen LogP contribution in [0.15, 0.2) is 42.5 Å². The summed E-state index contributed by atoms with van der Waals surface area (Å²) in [6.07, 6.45) is 1.24. The van der Waals surface area contributed by atoms with Crippen LogP contribution in [0.4, 0.5) is 0 Å². The van der Waals surface area contributed by atoms with Crippen LogP contribution in [0.1, 0.15) is 32.4 Å². The van der Waals surface area contributed by atoms with Gasteiger partial charge in [0.1, 0.15) is 6.04 Å². The number of H-pyrrole nitrogens is 1. The molecule has 5 nitrogen and oxygen atoms in total. The Bertz CT molecular complexity index is 677. The van der Waals surface area contributed by atoms with Gasteiger partial charge >= 0.3 is 5.97 Å². The average molecular weight is 328 g/mol. The number of aliphatic carboxylic acids is 1. The van der Waals surface area contributed by atoms with E-state index in [-0.39, 0.29) is 18.2 Å². The minimum atomic E-state index is -0.983. The molecular formula is C19H24N2O3. The van der Waals surface area contributed by atoms with Crippen LogP contribution >= 0.6 is 0 Å². The number of carboxylic acid groups (broad SMARTS) is 1. The van der Waals surface area contributed by atoms with Crippen LogP contribution in [-0.4, -0.2) is 28.0 Å². The smallest absolute Gasteiger partial charge is 0.326 e. The van der Waals surface area contributed by atoms with Crippen molar-refractivity contribution in [2.75, 3.05) is 0 Å². The summed E-state index contributed by atoms with van der Waals surface area (Å²) in [7, 11) is 0. The molecule has 0 spiro atoms. The van der Waals surface area contributed by atoms with Gasteiger partial charge in [-0.3, -0.25) is 4.79 Å². The van der Waals surface area contributed by atoms with Crippen molar-refractivity contribution < 1.29 is 14.7 Å². The SMILES string of the molecule is CC(C)CC(NC(=O)CCc1ccc(-c2ccccc2)[nH]1)C(=O)O. The fraction of sp³-hybridized carbons (Fsp3) is 0.368. The van der Waals surface area contributed by atoms with Gasteiger partial charge in [0.25, 0.3) is 0 Å². The number of aromatic nitrogens is 1. The highest BCUT2D eigenvalue weighted by Gasteiger charge is 2.20. The van der Waals surface area contributed by atoms with Gasteiger partial charge in [0.2, 0.25) is 5.91 Å². The summed E-state index contributed by atoms with van der Waals surface area (Å²) in [6.45, 7) is 3.87. The normalized spacial score (nSPS) is 12.1. The average Bonchev–Trinajstić information content (AvgIpc) is 3.01. The lowest BCUT2D eigenvalue weighted by Crippen LogP contribution is -2.41. The van der Waals surface area contributed by atoms with Gasteiger partial charge in [0.15, 0.2) is 0 Å². The Balaban J connectivity index is 1.88. The number of carbonyl (C=O) groups excluding carboxylic acids is 1. The van der Waals surface area contributed by atoms with Crippen LogP contribution in [0.25, 0.3) is 11.3 Å². The molecule has 0 saturated heterocycles. The van der Waals surface area contributed by atoms with Gasteiger partial charge in [-0.05, 0) is 36.5 Å². The standard InChI is InChI=1S/C19H24N2O3/c1-13(2)12-17(19(23)24)21-18(22)11-9-15-8-10-16(20-15)14-6-4-3-5-7-14/h3-8,10,13,17,20H,9,11-12H2,1-2H3,(H,21,22)(H,23,24). The van der Waals surface area contributed by atoms with Gasteiger partial charge in [0.05, 0.1) is 0 Å². The molecule has 0 bridgehead atoms. The van der Waals surface area contributed by atoms with E-state index in [0.29, 0.717) is 12.8 Å². The second-order valence-electron chi connectivity index (χ2n) is 6.35. The van der Waals surface area contributed by atoms with Crippen LogP contribution in [0.3, 0.4) is 0 Å². The molecule has 1 aromatic heterocycles. The lowest BCUT2D eigenvalue weighted by molar-refractivity contribution is -0.142. The first-order valence-corrected chi connectivity index (χ1v) is 8.21. The molecule has 1 atom stereocenters. The van der Waals surface area contributed by atoms with E-state index in [1.165, 1.54) is 0 Å². The minimum Gasteiger partial charge on any atom is -0.480 e. The van der Waals surface area contributed by atoms with Crippen molar-refractivity contribution >= 4 is 11.9 Å². The van der Waals surface area contributed by atoms with E-state index in [9.17, 15) is 9.59 Å². The molecular weight excluding hydrogens is 304 g/mol. The maximum absolute atomic E-state index is 12.0. The van der Waals surface area contributed by atoms with E-state index in [0.717, 1.165) is 17.0 Å². The van der Waals surface area contributed by atoms with Crippen molar-refractivity contribution in [2.24, 2.45) is 5.92 Å². The number of aryl methyl sites for hydroxylation is 1. The number of carboxylic acids is 1. The topological polar surface area (TPSA) is 82.2 Å². The molecule has 128 valence electrons. The molecule has 1 unspecified atom stereocenters. The highest BCUT2D eigenvalue weighted by atomic mass is 16.4. The molecule has 0 aliphatic carbocycles. The van der Waals surface area contributed by atoms with E-state index in [1.54, 1.807) is 0 Å². The number of hydrogen-bond acceptors (Lipinski definition) is 2. The maximum Gasteiger partial charge on any atom is 0.326 e. The summed E-state index contributed by atoms with van der Waals surface area (Å²) >= 11 is 0. The Hall–Kier alpha value is -2.56. The fourth-order valence-electron chi connectivity index (χ4n) is 2.58. The number of benzene rings is 1. The lowest BCUT2D eigenvalue weighted by Gasteiger charge is -2.16. The molecule has 24 heavy (non-hydrogen) atoms. The highest BCUT2D eigenvalue weighted by Crippen LogP contribution is 2.18. The molecule has 0 fully saturated rings. The van der Waals surface area contributed by atoms with Gasteiger partial charge in [0, 0.05) is 17.8 Å². The molecule has 1 amide bonds. The predicted octanol–water partition coefficient (Wildman–Crippen LogP) is 3.23. The van der Waals surface area contributed by atoms with Crippen LogP contribution < -0.4 is 5.32 Å². The number of hydrogen-bond donors (Lipinski definition) is 3. The molecule has 0 aliphatic rings. The van der Waals surface area contributed by atoms with Crippen molar-refractivity contribution in [1.82, 2.24) is 10.3 Å².